The normalized spacial score (nSPS) is 12.3. The van der Waals surface area contributed by atoms with Crippen LogP contribution in [0.5, 0.6) is 0 Å². The molecule has 0 aliphatic rings. The Hall–Kier alpha value is -0.160. The van der Waals surface area contributed by atoms with E-state index in [0.717, 1.165) is 32.7 Å². The average molecular weight is 290 g/mol. The predicted octanol–water partition coefficient (Wildman–Crippen LogP) is 3.29. The molecule has 122 valence electrons. The molecule has 0 saturated heterocycles. The molecule has 4 nitrogen and oxygen atoms in total. The second-order valence-corrected chi connectivity index (χ2v) is 6.46. The SMILES string of the molecule is CC(C)OCCCCOCCOCCOCC(C)(C)C. The van der Waals surface area contributed by atoms with Crippen molar-refractivity contribution in [3.63, 3.8) is 0 Å². The fourth-order valence-corrected chi connectivity index (χ4v) is 1.44. The van der Waals surface area contributed by atoms with Gasteiger partial charge in [-0.3, -0.25) is 0 Å². The van der Waals surface area contributed by atoms with E-state index in [1.54, 1.807) is 0 Å². The molecule has 0 rings (SSSR count). The molecule has 0 N–H and O–H groups in total. The van der Waals surface area contributed by atoms with Crippen LogP contribution in [0.1, 0.15) is 47.5 Å². The highest BCUT2D eigenvalue weighted by atomic mass is 16.5. The lowest BCUT2D eigenvalue weighted by atomic mass is 9.99. The van der Waals surface area contributed by atoms with Crippen molar-refractivity contribution in [2.24, 2.45) is 5.41 Å². The number of unbranched alkanes of at least 4 members (excludes halogenated alkanes) is 1. The maximum Gasteiger partial charge on any atom is 0.0701 e. The van der Waals surface area contributed by atoms with Crippen molar-refractivity contribution in [3.05, 3.63) is 0 Å². The molecular weight excluding hydrogens is 256 g/mol. The summed E-state index contributed by atoms with van der Waals surface area (Å²) < 4.78 is 21.9. The summed E-state index contributed by atoms with van der Waals surface area (Å²) in [5.74, 6) is 0. The van der Waals surface area contributed by atoms with Crippen molar-refractivity contribution in [2.75, 3.05) is 46.2 Å². The van der Waals surface area contributed by atoms with Crippen molar-refractivity contribution >= 4 is 0 Å². The lowest BCUT2D eigenvalue weighted by Crippen LogP contribution is -2.17. The molecule has 0 aromatic carbocycles. The summed E-state index contributed by atoms with van der Waals surface area (Å²) in [5, 5.41) is 0. The highest BCUT2D eigenvalue weighted by Crippen LogP contribution is 2.12. The number of rotatable bonds is 13. The van der Waals surface area contributed by atoms with Crippen molar-refractivity contribution < 1.29 is 18.9 Å². The van der Waals surface area contributed by atoms with Crippen LogP contribution in [0.3, 0.4) is 0 Å². The number of ether oxygens (including phenoxy) is 4. The largest absolute Gasteiger partial charge is 0.379 e. The van der Waals surface area contributed by atoms with Crippen molar-refractivity contribution in [1.29, 1.82) is 0 Å². The van der Waals surface area contributed by atoms with E-state index in [4.69, 9.17) is 18.9 Å². The highest BCUT2D eigenvalue weighted by molar-refractivity contribution is 4.58. The van der Waals surface area contributed by atoms with E-state index in [1.165, 1.54) is 0 Å². The molecule has 0 fully saturated rings. The summed E-state index contributed by atoms with van der Waals surface area (Å²) >= 11 is 0. The van der Waals surface area contributed by atoms with Gasteiger partial charge in [-0.05, 0) is 32.1 Å². The van der Waals surface area contributed by atoms with Gasteiger partial charge in [0.25, 0.3) is 0 Å². The molecule has 0 aromatic rings. The zero-order valence-corrected chi connectivity index (χ0v) is 14.1. The molecule has 0 atom stereocenters. The first-order chi connectivity index (χ1) is 9.42. The molecule has 4 heteroatoms. The summed E-state index contributed by atoms with van der Waals surface area (Å²) in [4.78, 5) is 0. The van der Waals surface area contributed by atoms with Crippen LogP contribution < -0.4 is 0 Å². The second-order valence-electron chi connectivity index (χ2n) is 6.46. The molecule has 20 heavy (non-hydrogen) atoms. The summed E-state index contributed by atoms with van der Waals surface area (Å²) in [7, 11) is 0. The Morgan fingerprint density at radius 1 is 0.700 bits per heavy atom. The maximum atomic E-state index is 5.51. The van der Waals surface area contributed by atoms with Gasteiger partial charge in [0.15, 0.2) is 0 Å². The zero-order valence-electron chi connectivity index (χ0n) is 14.1. The third-order valence-electron chi connectivity index (χ3n) is 2.41. The topological polar surface area (TPSA) is 36.9 Å². The molecule has 0 bridgehead atoms. The molecule has 0 aliphatic heterocycles. The van der Waals surface area contributed by atoms with Gasteiger partial charge in [0.2, 0.25) is 0 Å². The Balaban J connectivity index is 3.03. The molecule has 0 radical (unpaired) electrons. The van der Waals surface area contributed by atoms with Gasteiger partial charge in [-0.25, -0.2) is 0 Å². The van der Waals surface area contributed by atoms with Gasteiger partial charge in [-0.2, -0.15) is 0 Å². The smallest absolute Gasteiger partial charge is 0.0701 e. The van der Waals surface area contributed by atoms with Gasteiger partial charge in [-0.15, -0.1) is 0 Å². The molecular formula is C16H34O4. The first-order valence-electron chi connectivity index (χ1n) is 7.76. The summed E-state index contributed by atoms with van der Waals surface area (Å²) in [5.41, 5.74) is 0.225. The van der Waals surface area contributed by atoms with Crippen LogP contribution in [0.25, 0.3) is 0 Å². The van der Waals surface area contributed by atoms with Crippen LogP contribution in [0.2, 0.25) is 0 Å². The number of hydrogen-bond acceptors (Lipinski definition) is 4. The molecule has 0 aliphatic carbocycles. The Morgan fingerprint density at radius 3 is 1.75 bits per heavy atom. The Kier molecular flexibility index (Phi) is 12.5. The van der Waals surface area contributed by atoms with Crippen molar-refractivity contribution in [3.8, 4) is 0 Å². The predicted molar refractivity (Wildman–Crippen MR) is 82.2 cm³/mol. The fraction of sp³-hybridized carbons (Fsp3) is 1.00. The Bertz CT molecular complexity index is 199. The summed E-state index contributed by atoms with van der Waals surface area (Å²) in [6, 6.07) is 0. The van der Waals surface area contributed by atoms with Gasteiger partial charge in [-0.1, -0.05) is 20.8 Å². The van der Waals surface area contributed by atoms with Crippen LogP contribution in [-0.2, 0) is 18.9 Å². The van der Waals surface area contributed by atoms with Gasteiger partial charge in [0, 0.05) is 13.2 Å². The summed E-state index contributed by atoms with van der Waals surface area (Å²) in [6.45, 7) is 15.6. The zero-order chi connectivity index (χ0) is 15.3. The second kappa shape index (κ2) is 12.6. The minimum atomic E-state index is 0.225. The first kappa shape index (κ1) is 19.8. The highest BCUT2D eigenvalue weighted by Gasteiger charge is 2.09. The molecule has 0 saturated carbocycles. The van der Waals surface area contributed by atoms with Crippen LogP contribution >= 0.6 is 0 Å². The van der Waals surface area contributed by atoms with Crippen LogP contribution in [0, 0.1) is 5.41 Å². The molecule has 0 spiro atoms. The summed E-state index contributed by atoms with van der Waals surface area (Å²) in [6.07, 6.45) is 2.42. The molecule has 0 amide bonds. The first-order valence-corrected chi connectivity index (χ1v) is 7.76. The van der Waals surface area contributed by atoms with E-state index in [0.29, 0.717) is 32.5 Å². The van der Waals surface area contributed by atoms with Crippen LogP contribution in [0.4, 0.5) is 0 Å². The van der Waals surface area contributed by atoms with Gasteiger partial charge < -0.3 is 18.9 Å². The van der Waals surface area contributed by atoms with E-state index in [-0.39, 0.29) is 5.41 Å². The molecule has 0 aromatic heterocycles. The fourth-order valence-electron chi connectivity index (χ4n) is 1.44. The molecule has 0 heterocycles. The average Bonchev–Trinajstić information content (AvgIpc) is 2.33. The van der Waals surface area contributed by atoms with Gasteiger partial charge in [0.05, 0.1) is 39.1 Å². The quantitative estimate of drug-likeness (QED) is 0.488. The van der Waals surface area contributed by atoms with Crippen molar-refractivity contribution in [1.82, 2.24) is 0 Å². The van der Waals surface area contributed by atoms with Crippen molar-refractivity contribution in [2.45, 2.75) is 53.6 Å². The van der Waals surface area contributed by atoms with Gasteiger partial charge in [0.1, 0.15) is 0 Å². The van der Waals surface area contributed by atoms with Crippen LogP contribution in [-0.4, -0.2) is 52.4 Å². The van der Waals surface area contributed by atoms with Gasteiger partial charge >= 0.3 is 0 Å². The standard InChI is InChI=1S/C16H34O4/c1-15(2)20-9-7-6-8-17-10-11-18-12-13-19-14-16(3,4)5/h15H,6-14H2,1-5H3. The minimum Gasteiger partial charge on any atom is -0.379 e. The van der Waals surface area contributed by atoms with E-state index in [2.05, 4.69) is 34.6 Å². The third kappa shape index (κ3) is 17.8. The van der Waals surface area contributed by atoms with Crippen LogP contribution in [0.15, 0.2) is 0 Å². The van der Waals surface area contributed by atoms with E-state index < -0.39 is 0 Å². The van der Waals surface area contributed by atoms with E-state index >= 15 is 0 Å². The minimum absolute atomic E-state index is 0.225. The third-order valence-corrected chi connectivity index (χ3v) is 2.41. The van der Waals surface area contributed by atoms with E-state index in [1.807, 2.05) is 0 Å². The Morgan fingerprint density at radius 2 is 1.20 bits per heavy atom. The lowest BCUT2D eigenvalue weighted by Gasteiger charge is -2.17. The maximum absolute atomic E-state index is 5.51. The van der Waals surface area contributed by atoms with E-state index in [9.17, 15) is 0 Å². The Labute approximate surface area is 125 Å². The number of hydrogen-bond donors (Lipinski definition) is 0. The molecule has 0 unspecified atom stereocenters. The lowest BCUT2D eigenvalue weighted by molar-refractivity contribution is -0.00208. The monoisotopic (exact) mass is 290 g/mol.